The maximum absolute atomic E-state index is 13.3. The summed E-state index contributed by atoms with van der Waals surface area (Å²) in [5.41, 5.74) is 0.696. The first kappa shape index (κ1) is 25.8. The molecule has 0 aromatic heterocycles. The summed E-state index contributed by atoms with van der Waals surface area (Å²) in [4.78, 5) is 14.4. The van der Waals surface area contributed by atoms with Crippen LogP contribution in [-0.2, 0) is 27.6 Å². The first-order valence-electron chi connectivity index (χ1n) is 11.5. The molecule has 2 unspecified atom stereocenters. The van der Waals surface area contributed by atoms with Crippen molar-refractivity contribution >= 4 is 16.0 Å². The Balaban J connectivity index is 1.48. The average Bonchev–Trinajstić information content (AvgIpc) is 3.63. The summed E-state index contributed by atoms with van der Waals surface area (Å²) in [6.45, 7) is 4.07. The third-order valence-corrected chi connectivity index (χ3v) is 7.39. The summed E-state index contributed by atoms with van der Waals surface area (Å²) in [7, 11) is -4.50. The zero-order valence-electron chi connectivity index (χ0n) is 19.8. The fraction of sp³-hybridized carbons (Fsp3) is 0.296. The fourth-order valence-electron chi connectivity index (χ4n) is 4.16. The summed E-state index contributed by atoms with van der Waals surface area (Å²) in [5, 5.41) is 0. The number of benzene rings is 3. The van der Waals surface area contributed by atoms with Crippen LogP contribution in [0, 0.1) is 5.92 Å². The van der Waals surface area contributed by atoms with E-state index in [-0.39, 0.29) is 36.1 Å². The fourth-order valence-corrected chi connectivity index (χ4v) is 5.13. The second kappa shape index (κ2) is 9.97. The molecule has 1 saturated carbocycles. The molecule has 1 aliphatic carbocycles. The number of carbonyl (C=O) groups excluding carboxylic acids is 1. The molecule has 0 bridgehead atoms. The zero-order chi connectivity index (χ0) is 26.1. The van der Waals surface area contributed by atoms with Crippen LogP contribution in [0.3, 0.4) is 0 Å². The van der Waals surface area contributed by atoms with E-state index < -0.39 is 26.8 Å². The highest BCUT2D eigenvalue weighted by Crippen LogP contribution is 2.48. The Hall–Kier alpha value is -3.33. The lowest BCUT2D eigenvalue weighted by atomic mass is 10.1. The largest absolute Gasteiger partial charge is 0.416 e. The van der Waals surface area contributed by atoms with Gasteiger partial charge in [-0.15, -0.1) is 0 Å². The van der Waals surface area contributed by atoms with Crippen molar-refractivity contribution in [2.45, 2.75) is 49.8 Å². The molecule has 3 aromatic rings. The molecule has 9 heteroatoms. The van der Waals surface area contributed by atoms with E-state index in [2.05, 4.69) is 0 Å². The van der Waals surface area contributed by atoms with Crippen molar-refractivity contribution in [2.75, 3.05) is 0 Å². The molecule has 1 amide bonds. The summed E-state index contributed by atoms with van der Waals surface area (Å²) < 4.78 is 69.4. The van der Waals surface area contributed by atoms with Gasteiger partial charge in [0, 0.05) is 18.5 Å². The average molecular weight is 518 g/mol. The SMILES string of the molecule is CC(C)N(Cc1cccc(OS(=O)(=O)c2cccc(C(F)(F)F)c2)c1)C(=O)C1CC1c1ccccc1. The molecule has 0 radical (unpaired) electrons. The van der Waals surface area contributed by atoms with Crippen LogP contribution >= 0.6 is 0 Å². The van der Waals surface area contributed by atoms with Crippen molar-refractivity contribution in [3.05, 3.63) is 95.6 Å². The van der Waals surface area contributed by atoms with Gasteiger partial charge in [-0.05, 0) is 67.6 Å². The van der Waals surface area contributed by atoms with Crippen LogP contribution in [0.15, 0.2) is 83.8 Å². The van der Waals surface area contributed by atoms with Gasteiger partial charge in [0.25, 0.3) is 0 Å². The number of alkyl halides is 3. The molecular weight excluding hydrogens is 491 g/mol. The Labute approximate surface area is 208 Å². The highest BCUT2D eigenvalue weighted by molar-refractivity contribution is 7.87. The molecular formula is C27H26F3NO4S. The number of nitrogens with zero attached hydrogens (tertiary/aromatic N) is 1. The number of halogens is 3. The van der Waals surface area contributed by atoms with Gasteiger partial charge in [-0.3, -0.25) is 4.79 Å². The van der Waals surface area contributed by atoms with Crippen molar-refractivity contribution in [1.82, 2.24) is 4.90 Å². The van der Waals surface area contributed by atoms with Crippen LogP contribution in [0.1, 0.15) is 42.9 Å². The van der Waals surface area contributed by atoms with Crippen molar-refractivity contribution in [3.8, 4) is 5.75 Å². The second-order valence-corrected chi connectivity index (χ2v) is 10.7. The van der Waals surface area contributed by atoms with E-state index in [0.717, 1.165) is 30.2 Å². The monoisotopic (exact) mass is 517 g/mol. The minimum Gasteiger partial charge on any atom is -0.379 e. The number of hydrogen-bond donors (Lipinski definition) is 0. The molecule has 1 fully saturated rings. The van der Waals surface area contributed by atoms with Gasteiger partial charge in [-0.1, -0.05) is 48.5 Å². The number of amides is 1. The van der Waals surface area contributed by atoms with E-state index >= 15 is 0 Å². The van der Waals surface area contributed by atoms with Crippen molar-refractivity contribution in [2.24, 2.45) is 5.92 Å². The third-order valence-electron chi connectivity index (χ3n) is 6.15. The normalized spacial score (nSPS) is 17.6. The molecule has 1 aliphatic rings. The van der Waals surface area contributed by atoms with Crippen molar-refractivity contribution in [3.63, 3.8) is 0 Å². The van der Waals surface area contributed by atoms with E-state index in [1.807, 2.05) is 44.2 Å². The van der Waals surface area contributed by atoms with Gasteiger partial charge in [-0.2, -0.15) is 21.6 Å². The van der Waals surface area contributed by atoms with Crippen molar-refractivity contribution < 1.29 is 30.6 Å². The van der Waals surface area contributed by atoms with Gasteiger partial charge in [0.05, 0.1) is 5.56 Å². The predicted octanol–water partition coefficient (Wildman–Crippen LogP) is 6.01. The van der Waals surface area contributed by atoms with E-state index in [1.165, 1.54) is 12.1 Å². The minimum absolute atomic E-state index is 0.0294. The molecule has 5 nitrogen and oxygen atoms in total. The second-order valence-electron chi connectivity index (χ2n) is 9.13. The lowest BCUT2D eigenvalue weighted by Crippen LogP contribution is -2.37. The summed E-state index contributed by atoms with van der Waals surface area (Å²) in [6.07, 6.45) is -3.90. The summed E-state index contributed by atoms with van der Waals surface area (Å²) in [6, 6.07) is 19.4. The van der Waals surface area contributed by atoms with Gasteiger partial charge in [0.2, 0.25) is 5.91 Å². The lowest BCUT2D eigenvalue weighted by molar-refractivity contribution is -0.138. The zero-order valence-corrected chi connectivity index (χ0v) is 20.6. The molecule has 36 heavy (non-hydrogen) atoms. The molecule has 0 saturated heterocycles. The summed E-state index contributed by atoms with van der Waals surface area (Å²) >= 11 is 0. The van der Waals surface area contributed by atoms with Crippen LogP contribution in [0.2, 0.25) is 0 Å². The minimum atomic E-state index is -4.68. The van der Waals surface area contributed by atoms with Crippen molar-refractivity contribution in [1.29, 1.82) is 0 Å². The summed E-state index contributed by atoms with van der Waals surface area (Å²) in [5.74, 6) is 0.0687. The molecule has 0 N–H and O–H groups in total. The third kappa shape index (κ3) is 5.90. The molecule has 0 spiro atoms. The van der Waals surface area contributed by atoms with Crippen LogP contribution in [0.4, 0.5) is 13.2 Å². The molecule has 2 atom stereocenters. The predicted molar refractivity (Wildman–Crippen MR) is 129 cm³/mol. The molecule has 190 valence electrons. The van der Waals surface area contributed by atoms with E-state index in [9.17, 15) is 26.4 Å². The Bertz CT molecular complexity index is 1340. The smallest absolute Gasteiger partial charge is 0.379 e. The Morgan fingerprint density at radius 1 is 1.00 bits per heavy atom. The van der Waals surface area contributed by atoms with E-state index in [1.54, 1.807) is 17.0 Å². The quantitative estimate of drug-likeness (QED) is 0.343. The van der Waals surface area contributed by atoms with Crippen LogP contribution in [0.5, 0.6) is 5.75 Å². The van der Waals surface area contributed by atoms with Gasteiger partial charge in [0.15, 0.2) is 0 Å². The highest BCUT2D eigenvalue weighted by atomic mass is 32.2. The maximum atomic E-state index is 13.3. The number of carbonyl (C=O) groups is 1. The van der Waals surface area contributed by atoms with Gasteiger partial charge in [-0.25, -0.2) is 0 Å². The van der Waals surface area contributed by atoms with Crippen LogP contribution in [0.25, 0.3) is 0 Å². The van der Waals surface area contributed by atoms with Crippen LogP contribution < -0.4 is 4.18 Å². The topological polar surface area (TPSA) is 63.7 Å². The Kier molecular flexibility index (Phi) is 7.13. The van der Waals surface area contributed by atoms with Gasteiger partial charge >= 0.3 is 16.3 Å². The molecule has 3 aromatic carbocycles. The molecule has 4 rings (SSSR count). The first-order chi connectivity index (χ1) is 17.0. The maximum Gasteiger partial charge on any atom is 0.416 e. The molecule has 0 aliphatic heterocycles. The Morgan fingerprint density at radius 2 is 1.69 bits per heavy atom. The van der Waals surface area contributed by atoms with Gasteiger partial charge < -0.3 is 9.08 Å². The molecule has 0 heterocycles. The highest BCUT2D eigenvalue weighted by Gasteiger charge is 2.46. The lowest BCUT2D eigenvalue weighted by Gasteiger charge is -2.27. The number of hydrogen-bond acceptors (Lipinski definition) is 4. The van der Waals surface area contributed by atoms with E-state index in [4.69, 9.17) is 4.18 Å². The van der Waals surface area contributed by atoms with Gasteiger partial charge in [0.1, 0.15) is 10.6 Å². The standard InChI is InChI=1S/C27H26F3NO4S/c1-18(2)31(26(32)25-16-24(25)20-9-4-3-5-10-20)17-19-8-6-12-22(14-19)35-36(33,34)23-13-7-11-21(15-23)27(28,29)30/h3-15,18,24-25H,16-17H2,1-2H3. The number of rotatable bonds is 8. The Morgan fingerprint density at radius 3 is 2.36 bits per heavy atom. The van der Waals surface area contributed by atoms with E-state index in [0.29, 0.717) is 11.6 Å². The first-order valence-corrected chi connectivity index (χ1v) is 12.9. The van der Waals surface area contributed by atoms with Crippen LogP contribution in [-0.4, -0.2) is 25.3 Å².